The maximum absolute atomic E-state index is 9.73. The largest absolute Gasteiger partial charge is 0.469 e. The molecular formula is C12H13BrN2O2. The van der Waals surface area contributed by atoms with Crippen molar-refractivity contribution in [1.29, 1.82) is 0 Å². The molecule has 0 aliphatic carbocycles. The smallest absolute Gasteiger partial charge is 0.127 e. The summed E-state index contributed by atoms with van der Waals surface area (Å²) in [5.41, 5.74) is 1.18. The number of aliphatic hydroxyl groups is 1. The zero-order valence-corrected chi connectivity index (χ0v) is 10.9. The molecule has 3 rings (SSSR count). The van der Waals surface area contributed by atoms with Gasteiger partial charge in [0.15, 0.2) is 0 Å². The minimum Gasteiger partial charge on any atom is -0.469 e. The highest BCUT2D eigenvalue weighted by atomic mass is 79.9. The Hall–Kier alpha value is -1.07. The molecule has 4 nitrogen and oxygen atoms in total. The van der Waals surface area contributed by atoms with E-state index in [-0.39, 0.29) is 6.10 Å². The Morgan fingerprint density at radius 2 is 2.47 bits per heavy atom. The van der Waals surface area contributed by atoms with Crippen molar-refractivity contribution in [2.24, 2.45) is 0 Å². The van der Waals surface area contributed by atoms with Gasteiger partial charge in [0.2, 0.25) is 0 Å². The molecule has 0 aromatic carbocycles. The van der Waals surface area contributed by atoms with Gasteiger partial charge in [0.25, 0.3) is 0 Å². The fourth-order valence-electron chi connectivity index (χ4n) is 2.27. The number of aliphatic hydroxyl groups excluding tert-OH is 1. The van der Waals surface area contributed by atoms with E-state index in [1.807, 2.05) is 12.1 Å². The predicted octanol–water partition coefficient (Wildman–Crippen LogP) is 2.14. The van der Waals surface area contributed by atoms with Crippen LogP contribution in [0.15, 0.2) is 27.4 Å². The first kappa shape index (κ1) is 11.0. The molecule has 3 heterocycles. The van der Waals surface area contributed by atoms with Crippen LogP contribution in [-0.4, -0.2) is 20.8 Å². The first-order valence-corrected chi connectivity index (χ1v) is 6.47. The normalized spacial score (nSPS) is 19.3. The van der Waals surface area contributed by atoms with Crippen LogP contribution in [0, 0.1) is 0 Å². The third-order valence-electron chi connectivity index (χ3n) is 3.12. The van der Waals surface area contributed by atoms with E-state index in [1.165, 1.54) is 5.69 Å². The summed E-state index contributed by atoms with van der Waals surface area (Å²) in [5, 5.41) is 9.73. The average Bonchev–Trinajstić information content (AvgIpc) is 2.89. The van der Waals surface area contributed by atoms with Crippen molar-refractivity contribution >= 4 is 15.9 Å². The molecule has 5 heteroatoms. The second-order valence-electron chi connectivity index (χ2n) is 4.32. The van der Waals surface area contributed by atoms with Crippen molar-refractivity contribution in [3.8, 4) is 0 Å². The molecule has 0 saturated heterocycles. The van der Waals surface area contributed by atoms with Gasteiger partial charge in [-0.3, -0.25) is 0 Å². The Labute approximate surface area is 107 Å². The molecular weight excluding hydrogens is 284 g/mol. The summed E-state index contributed by atoms with van der Waals surface area (Å²) in [7, 11) is 0. The van der Waals surface area contributed by atoms with Crippen molar-refractivity contribution < 1.29 is 9.52 Å². The van der Waals surface area contributed by atoms with Crippen molar-refractivity contribution in [1.82, 2.24) is 9.55 Å². The number of imidazole rings is 1. The van der Waals surface area contributed by atoms with Gasteiger partial charge in [-0.2, -0.15) is 0 Å². The van der Waals surface area contributed by atoms with E-state index in [0.29, 0.717) is 13.0 Å². The number of hydrogen-bond acceptors (Lipinski definition) is 3. The van der Waals surface area contributed by atoms with Gasteiger partial charge >= 0.3 is 0 Å². The first-order chi connectivity index (χ1) is 8.24. The fraction of sp³-hybridized carbons (Fsp3) is 0.417. The van der Waals surface area contributed by atoms with Crippen LogP contribution in [-0.2, 0) is 19.4 Å². The molecule has 0 saturated carbocycles. The lowest BCUT2D eigenvalue weighted by Gasteiger charge is -2.21. The van der Waals surface area contributed by atoms with Crippen LogP contribution in [0.25, 0.3) is 0 Å². The van der Waals surface area contributed by atoms with E-state index in [1.54, 1.807) is 6.26 Å². The number of halogens is 1. The summed E-state index contributed by atoms with van der Waals surface area (Å²) in [6.45, 7) is 0.629. The highest BCUT2D eigenvalue weighted by Crippen LogP contribution is 2.26. The van der Waals surface area contributed by atoms with E-state index < -0.39 is 0 Å². The van der Waals surface area contributed by atoms with Crippen LogP contribution in [0.2, 0.25) is 0 Å². The molecule has 0 amide bonds. The maximum atomic E-state index is 9.73. The summed E-state index contributed by atoms with van der Waals surface area (Å²) in [6, 6.07) is 3.81. The number of nitrogens with zero attached hydrogens (tertiary/aromatic N) is 2. The zero-order chi connectivity index (χ0) is 11.8. The van der Waals surface area contributed by atoms with Crippen LogP contribution < -0.4 is 0 Å². The molecule has 0 radical (unpaired) electrons. The van der Waals surface area contributed by atoms with Gasteiger partial charge in [-0.05, 0) is 40.9 Å². The number of fused-ring (bicyclic) bond motifs is 1. The maximum Gasteiger partial charge on any atom is 0.127 e. The average molecular weight is 297 g/mol. The SMILES string of the molecule is OC1CCc2c(Br)nc(Cc3ccco3)n2C1. The standard InChI is InChI=1S/C12H13BrN2O2/c13-12-10-4-3-8(16)7-15(10)11(14-12)6-9-2-1-5-17-9/h1-2,5,8,16H,3-4,6-7H2. The lowest BCUT2D eigenvalue weighted by atomic mass is 10.1. The van der Waals surface area contributed by atoms with Gasteiger partial charge in [-0.25, -0.2) is 4.98 Å². The molecule has 2 aromatic rings. The number of furan rings is 1. The van der Waals surface area contributed by atoms with E-state index in [2.05, 4.69) is 25.5 Å². The first-order valence-electron chi connectivity index (χ1n) is 5.68. The third kappa shape index (κ3) is 2.05. The Morgan fingerprint density at radius 3 is 3.24 bits per heavy atom. The van der Waals surface area contributed by atoms with Gasteiger partial charge in [0, 0.05) is 0 Å². The highest BCUT2D eigenvalue weighted by molar-refractivity contribution is 9.10. The highest BCUT2D eigenvalue weighted by Gasteiger charge is 2.23. The topological polar surface area (TPSA) is 51.2 Å². The Kier molecular flexibility index (Phi) is 2.80. The Bertz CT molecular complexity index is 519. The van der Waals surface area contributed by atoms with E-state index >= 15 is 0 Å². The molecule has 2 aromatic heterocycles. The summed E-state index contributed by atoms with van der Waals surface area (Å²) in [5.74, 6) is 1.84. The van der Waals surface area contributed by atoms with Crippen LogP contribution in [0.4, 0.5) is 0 Å². The molecule has 0 spiro atoms. The molecule has 90 valence electrons. The zero-order valence-electron chi connectivity index (χ0n) is 9.27. The van der Waals surface area contributed by atoms with Gasteiger partial charge in [-0.15, -0.1) is 0 Å². The third-order valence-corrected chi connectivity index (χ3v) is 3.76. The Morgan fingerprint density at radius 1 is 1.59 bits per heavy atom. The summed E-state index contributed by atoms with van der Waals surface area (Å²) in [4.78, 5) is 4.51. The predicted molar refractivity (Wildman–Crippen MR) is 65.8 cm³/mol. The second-order valence-corrected chi connectivity index (χ2v) is 5.08. The molecule has 1 aliphatic heterocycles. The summed E-state index contributed by atoms with van der Waals surface area (Å²) in [6.07, 6.45) is 3.74. The number of hydrogen-bond donors (Lipinski definition) is 1. The molecule has 0 fully saturated rings. The molecule has 0 bridgehead atoms. The van der Waals surface area contributed by atoms with Gasteiger partial charge < -0.3 is 14.1 Å². The second kappa shape index (κ2) is 4.31. The van der Waals surface area contributed by atoms with Crippen molar-refractivity contribution in [2.75, 3.05) is 0 Å². The van der Waals surface area contributed by atoms with Gasteiger partial charge in [0.05, 0.1) is 31.0 Å². The minimum atomic E-state index is -0.265. The van der Waals surface area contributed by atoms with Crippen LogP contribution in [0.3, 0.4) is 0 Å². The van der Waals surface area contributed by atoms with Crippen LogP contribution in [0.5, 0.6) is 0 Å². The lowest BCUT2D eigenvalue weighted by molar-refractivity contribution is 0.130. The molecule has 1 atom stereocenters. The number of rotatable bonds is 2. The molecule has 1 aliphatic rings. The van der Waals surface area contributed by atoms with Gasteiger partial charge in [-0.1, -0.05) is 0 Å². The molecule has 1 unspecified atom stereocenters. The van der Waals surface area contributed by atoms with E-state index in [0.717, 1.165) is 29.0 Å². The van der Waals surface area contributed by atoms with Crippen LogP contribution in [0.1, 0.15) is 23.7 Å². The van der Waals surface area contributed by atoms with Crippen molar-refractivity contribution in [3.05, 3.63) is 40.3 Å². The van der Waals surface area contributed by atoms with E-state index in [4.69, 9.17) is 4.42 Å². The van der Waals surface area contributed by atoms with Crippen LogP contribution >= 0.6 is 15.9 Å². The fourth-order valence-corrected chi connectivity index (χ4v) is 2.89. The number of aromatic nitrogens is 2. The van der Waals surface area contributed by atoms with Gasteiger partial charge in [0.1, 0.15) is 16.2 Å². The molecule has 1 N–H and O–H groups in total. The lowest BCUT2D eigenvalue weighted by Crippen LogP contribution is -2.25. The summed E-state index contributed by atoms with van der Waals surface area (Å²) >= 11 is 3.48. The minimum absolute atomic E-state index is 0.265. The van der Waals surface area contributed by atoms with Crippen molar-refractivity contribution in [3.63, 3.8) is 0 Å². The Balaban J connectivity index is 1.95. The monoisotopic (exact) mass is 296 g/mol. The summed E-state index contributed by atoms with van der Waals surface area (Å²) < 4.78 is 8.33. The van der Waals surface area contributed by atoms with E-state index in [9.17, 15) is 5.11 Å². The van der Waals surface area contributed by atoms with Crippen molar-refractivity contribution in [2.45, 2.75) is 31.9 Å². The quantitative estimate of drug-likeness (QED) is 0.924. The molecule has 17 heavy (non-hydrogen) atoms.